The van der Waals surface area contributed by atoms with Gasteiger partial charge < -0.3 is 15.4 Å². The first kappa shape index (κ1) is 22.1. The summed E-state index contributed by atoms with van der Waals surface area (Å²) in [5.41, 5.74) is 3.69. The molecule has 0 fully saturated rings. The van der Waals surface area contributed by atoms with E-state index >= 15 is 0 Å². The molecule has 0 aliphatic heterocycles. The lowest BCUT2D eigenvalue weighted by Crippen LogP contribution is -2.39. The minimum atomic E-state index is -0.651. The maximum atomic E-state index is 11.5. The molecule has 0 atom stereocenters. The van der Waals surface area contributed by atoms with Gasteiger partial charge in [0.1, 0.15) is 11.4 Å². The van der Waals surface area contributed by atoms with Crippen LogP contribution in [-0.4, -0.2) is 29.5 Å². The zero-order valence-electron chi connectivity index (χ0n) is 18.9. The van der Waals surface area contributed by atoms with Crippen LogP contribution in [0.4, 0.5) is 10.6 Å². The Hall–Kier alpha value is -4.06. The number of aromatic nitrogens is 2. The van der Waals surface area contributed by atoms with Crippen LogP contribution in [0, 0.1) is 0 Å². The lowest BCUT2D eigenvalue weighted by atomic mass is 9.77. The standard InChI is InChI=1S/C27H28N4O2/c1-31-25(21(20-29-31)18-19-28-26(32)33-2)30-27(22-12-6-3-7-13-22,23-14-8-4-9-15-23)24-16-10-5-11-17-24/h3-17,20,30H,18-19H2,1-2H3,(H,28,32). The predicted molar refractivity (Wildman–Crippen MR) is 130 cm³/mol. The third kappa shape index (κ3) is 4.60. The Labute approximate surface area is 194 Å². The van der Waals surface area contributed by atoms with Crippen LogP contribution in [0.5, 0.6) is 0 Å². The number of aryl methyl sites for hydroxylation is 1. The lowest BCUT2D eigenvalue weighted by molar-refractivity contribution is 0.171. The normalized spacial score (nSPS) is 11.1. The largest absolute Gasteiger partial charge is 0.453 e. The zero-order chi connectivity index (χ0) is 23.1. The van der Waals surface area contributed by atoms with Crippen LogP contribution in [0.2, 0.25) is 0 Å². The van der Waals surface area contributed by atoms with Crippen molar-refractivity contribution in [2.24, 2.45) is 7.05 Å². The number of benzene rings is 3. The van der Waals surface area contributed by atoms with Gasteiger partial charge in [-0.25, -0.2) is 4.79 Å². The van der Waals surface area contributed by atoms with Gasteiger partial charge in [-0.05, 0) is 23.1 Å². The van der Waals surface area contributed by atoms with Crippen LogP contribution in [0.15, 0.2) is 97.2 Å². The molecule has 0 aliphatic rings. The van der Waals surface area contributed by atoms with Crippen molar-refractivity contribution in [1.82, 2.24) is 15.1 Å². The van der Waals surface area contributed by atoms with Gasteiger partial charge >= 0.3 is 6.09 Å². The Kier molecular flexibility index (Phi) is 6.74. The number of carbonyl (C=O) groups is 1. The summed E-state index contributed by atoms with van der Waals surface area (Å²) in [5.74, 6) is 0.887. The number of nitrogens with zero attached hydrogens (tertiary/aromatic N) is 2. The summed E-state index contributed by atoms with van der Waals surface area (Å²) in [4.78, 5) is 11.5. The van der Waals surface area contributed by atoms with Gasteiger partial charge in [-0.2, -0.15) is 5.10 Å². The Morgan fingerprint density at radius 3 is 1.82 bits per heavy atom. The van der Waals surface area contributed by atoms with E-state index in [4.69, 9.17) is 4.74 Å². The molecule has 1 aromatic heterocycles. The Bertz CT molecular complexity index is 1080. The second kappa shape index (κ2) is 10.0. The molecule has 0 spiro atoms. The Morgan fingerprint density at radius 1 is 0.879 bits per heavy atom. The van der Waals surface area contributed by atoms with E-state index in [0.717, 1.165) is 28.1 Å². The molecule has 0 saturated carbocycles. The SMILES string of the molecule is COC(=O)NCCc1cnn(C)c1NC(c1ccccc1)(c1ccccc1)c1ccccc1. The van der Waals surface area contributed by atoms with E-state index in [0.29, 0.717) is 13.0 Å². The molecular formula is C27H28N4O2. The summed E-state index contributed by atoms with van der Waals surface area (Å²) in [6, 6.07) is 31.3. The topological polar surface area (TPSA) is 68.2 Å². The highest BCUT2D eigenvalue weighted by Gasteiger charge is 2.37. The van der Waals surface area contributed by atoms with Crippen molar-refractivity contribution in [3.8, 4) is 0 Å². The average molecular weight is 441 g/mol. The number of rotatable bonds is 8. The highest BCUT2D eigenvalue weighted by Crippen LogP contribution is 2.40. The summed E-state index contributed by atoms with van der Waals surface area (Å²) in [7, 11) is 3.28. The van der Waals surface area contributed by atoms with Gasteiger partial charge in [-0.1, -0.05) is 91.0 Å². The first-order valence-electron chi connectivity index (χ1n) is 10.9. The molecule has 0 saturated heterocycles. The second-order valence-electron chi connectivity index (χ2n) is 7.78. The van der Waals surface area contributed by atoms with Gasteiger partial charge in [-0.15, -0.1) is 0 Å². The molecular weight excluding hydrogens is 412 g/mol. The number of nitrogens with one attached hydrogen (secondary N) is 2. The molecule has 0 unspecified atom stereocenters. The average Bonchev–Trinajstić information content (AvgIpc) is 3.22. The number of methoxy groups -OCH3 is 1. The molecule has 33 heavy (non-hydrogen) atoms. The van der Waals surface area contributed by atoms with Crippen molar-refractivity contribution in [2.45, 2.75) is 12.0 Å². The van der Waals surface area contributed by atoms with E-state index in [1.54, 1.807) is 0 Å². The molecule has 4 rings (SSSR count). The number of amides is 1. The smallest absolute Gasteiger partial charge is 0.406 e. The lowest BCUT2D eigenvalue weighted by Gasteiger charge is -2.38. The van der Waals surface area contributed by atoms with E-state index in [-0.39, 0.29) is 0 Å². The van der Waals surface area contributed by atoms with Crippen LogP contribution in [0.25, 0.3) is 0 Å². The quantitative estimate of drug-likeness (QED) is 0.389. The minimum absolute atomic E-state index is 0.444. The molecule has 168 valence electrons. The first-order valence-corrected chi connectivity index (χ1v) is 10.9. The van der Waals surface area contributed by atoms with Crippen LogP contribution >= 0.6 is 0 Å². The highest BCUT2D eigenvalue weighted by molar-refractivity contribution is 5.67. The molecule has 0 radical (unpaired) electrons. The van der Waals surface area contributed by atoms with Crippen LogP contribution in [-0.2, 0) is 23.7 Å². The van der Waals surface area contributed by atoms with E-state index < -0.39 is 11.6 Å². The summed E-state index contributed by atoms with van der Waals surface area (Å²) < 4.78 is 6.54. The maximum Gasteiger partial charge on any atom is 0.406 e. The molecule has 4 aromatic rings. The molecule has 1 heterocycles. The fourth-order valence-corrected chi connectivity index (χ4v) is 4.16. The van der Waals surface area contributed by atoms with Gasteiger partial charge in [0, 0.05) is 19.2 Å². The molecule has 2 N–H and O–H groups in total. The Morgan fingerprint density at radius 2 is 1.36 bits per heavy atom. The number of alkyl carbamates (subject to hydrolysis) is 1. The van der Waals surface area contributed by atoms with Crippen molar-refractivity contribution in [3.63, 3.8) is 0 Å². The number of anilines is 1. The second-order valence-corrected chi connectivity index (χ2v) is 7.78. The molecule has 3 aromatic carbocycles. The minimum Gasteiger partial charge on any atom is -0.453 e. The van der Waals surface area contributed by atoms with Crippen LogP contribution in [0.3, 0.4) is 0 Å². The van der Waals surface area contributed by atoms with Gasteiger partial charge in [0.25, 0.3) is 0 Å². The van der Waals surface area contributed by atoms with Crippen molar-refractivity contribution >= 4 is 11.9 Å². The van der Waals surface area contributed by atoms with Gasteiger partial charge in [0.15, 0.2) is 0 Å². The van der Waals surface area contributed by atoms with E-state index in [1.807, 2.05) is 36.1 Å². The van der Waals surface area contributed by atoms with Crippen molar-refractivity contribution in [3.05, 3.63) is 119 Å². The molecule has 6 heteroatoms. The van der Waals surface area contributed by atoms with Gasteiger partial charge in [0.05, 0.1) is 13.3 Å². The molecule has 1 amide bonds. The number of carbonyl (C=O) groups excluding carboxylic acids is 1. The Balaban J connectivity index is 1.84. The summed E-state index contributed by atoms with van der Waals surface area (Å²) in [6.07, 6.45) is 2.01. The summed E-state index contributed by atoms with van der Waals surface area (Å²) in [5, 5.41) is 11.1. The molecule has 6 nitrogen and oxygen atoms in total. The van der Waals surface area contributed by atoms with E-state index in [1.165, 1.54) is 7.11 Å². The van der Waals surface area contributed by atoms with E-state index in [2.05, 4.69) is 88.5 Å². The van der Waals surface area contributed by atoms with Crippen molar-refractivity contribution < 1.29 is 9.53 Å². The molecule has 0 bridgehead atoms. The van der Waals surface area contributed by atoms with Crippen LogP contribution in [0.1, 0.15) is 22.3 Å². The van der Waals surface area contributed by atoms with E-state index in [9.17, 15) is 4.79 Å². The zero-order valence-corrected chi connectivity index (χ0v) is 18.9. The maximum absolute atomic E-state index is 11.5. The summed E-state index contributed by atoms with van der Waals surface area (Å²) in [6.45, 7) is 0.446. The fourth-order valence-electron chi connectivity index (χ4n) is 4.16. The first-order chi connectivity index (χ1) is 16.1. The van der Waals surface area contributed by atoms with Gasteiger partial charge in [0.2, 0.25) is 0 Å². The van der Waals surface area contributed by atoms with Crippen molar-refractivity contribution in [2.75, 3.05) is 19.0 Å². The number of hydrogen-bond donors (Lipinski definition) is 2. The predicted octanol–water partition coefficient (Wildman–Crippen LogP) is 4.72. The third-order valence-electron chi connectivity index (χ3n) is 5.79. The third-order valence-corrected chi connectivity index (χ3v) is 5.79. The molecule has 0 aliphatic carbocycles. The van der Waals surface area contributed by atoms with Gasteiger partial charge in [-0.3, -0.25) is 4.68 Å². The number of ether oxygens (including phenoxy) is 1. The fraction of sp³-hybridized carbons (Fsp3) is 0.185. The monoisotopic (exact) mass is 440 g/mol. The summed E-state index contributed by atoms with van der Waals surface area (Å²) >= 11 is 0. The van der Waals surface area contributed by atoms with Crippen LogP contribution < -0.4 is 10.6 Å². The number of hydrogen-bond acceptors (Lipinski definition) is 4. The highest BCUT2D eigenvalue weighted by atomic mass is 16.5. The van der Waals surface area contributed by atoms with Crippen molar-refractivity contribution in [1.29, 1.82) is 0 Å².